The Balaban J connectivity index is 1.47. The number of likely N-dealkylation sites (tertiary alicyclic amines) is 1. The van der Waals surface area contributed by atoms with Crippen LogP contribution < -0.4 is 5.32 Å². The van der Waals surface area contributed by atoms with E-state index in [0.717, 1.165) is 44.3 Å². The molecule has 2 saturated heterocycles. The minimum absolute atomic E-state index is 0.0648. The number of para-hydroxylation sites is 1. The molecular weight excluding hydrogens is 450 g/mol. The number of hydrogen-bond donors (Lipinski definition) is 1. The Morgan fingerprint density at radius 1 is 0.882 bits per heavy atom. The smallest absolute Gasteiger partial charge is 0.255 e. The monoisotopic (exact) mass is 483 g/mol. The number of anilines is 1. The van der Waals surface area contributed by atoms with Crippen LogP contribution in [-0.2, 0) is 14.8 Å². The number of rotatable bonds is 5. The lowest BCUT2D eigenvalue weighted by Gasteiger charge is -2.31. The molecule has 2 fully saturated rings. The lowest BCUT2D eigenvalue weighted by atomic mass is 9.98. The third-order valence-electron chi connectivity index (χ3n) is 6.72. The minimum Gasteiger partial charge on any atom is -0.339 e. The van der Waals surface area contributed by atoms with E-state index in [1.54, 1.807) is 48.5 Å². The number of piperidine rings is 1. The Hall–Kier alpha value is -2.71. The molecule has 2 aromatic carbocycles. The molecule has 2 amide bonds. The molecule has 0 bridgehead atoms. The second-order valence-electron chi connectivity index (χ2n) is 9.26. The van der Waals surface area contributed by atoms with E-state index >= 15 is 0 Å². The average Bonchev–Trinajstić information content (AvgIpc) is 3.14. The summed E-state index contributed by atoms with van der Waals surface area (Å²) in [5.74, 6) is -0.791. The van der Waals surface area contributed by atoms with E-state index in [4.69, 9.17) is 0 Å². The minimum atomic E-state index is -3.67. The van der Waals surface area contributed by atoms with E-state index in [0.29, 0.717) is 30.6 Å². The van der Waals surface area contributed by atoms with Gasteiger partial charge in [0.1, 0.15) is 0 Å². The summed E-state index contributed by atoms with van der Waals surface area (Å²) in [5, 5.41) is 2.93. The predicted molar refractivity (Wildman–Crippen MR) is 132 cm³/mol. The normalized spacial score (nSPS) is 19.9. The molecule has 0 unspecified atom stereocenters. The molecule has 2 heterocycles. The van der Waals surface area contributed by atoms with Crippen molar-refractivity contribution in [3.05, 3.63) is 59.7 Å². The molecule has 8 heteroatoms. The summed E-state index contributed by atoms with van der Waals surface area (Å²) in [4.78, 5) is 28.5. The molecule has 182 valence electrons. The highest BCUT2D eigenvalue weighted by Gasteiger charge is 2.33. The van der Waals surface area contributed by atoms with Crippen molar-refractivity contribution < 1.29 is 18.0 Å². The highest BCUT2D eigenvalue weighted by Crippen LogP contribution is 2.26. The van der Waals surface area contributed by atoms with Gasteiger partial charge in [0.25, 0.3) is 5.91 Å². The van der Waals surface area contributed by atoms with E-state index in [1.165, 1.54) is 4.31 Å². The van der Waals surface area contributed by atoms with Gasteiger partial charge in [-0.2, -0.15) is 4.31 Å². The molecule has 4 rings (SSSR count). The molecule has 0 aliphatic carbocycles. The van der Waals surface area contributed by atoms with Crippen LogP contribution in [0.25, 0.3) is 0 Å². The molecule has 0 spiro atoms. The quantitative estimate of drug-likeness (QED) is 0.695. The second kappa shape index (κ2) is 10.7. The number of nitrogens with one attached hydrogen (secondary N) is 1. The van der Waals surface area contributed by atoms with Crippen molar-refractivity contribution in [2.75, 3.05) is 31.5 Å². The van der Waals surface area contributed by atoms with Gasteiger partial charge in [-0.25, -0.2) is 8.42 Å². The van der Waals surface area contributed by atoms with Crippen molar-refractivity contribution in [2.45, 2.75) is 50.3 Å². The Morgan fingerprint density at radius 2 is 1.56 bits per heavy atom. The third-order valence-corrected chi connectivity index (χ3v) is 8.60. The van der Waals surface area contributed by atoms with Crippen LogP contribution in [0.4, 0.5) is 5.69 Å². The number of carbonyl (C=O) groups excluding carboxylic acids is 2. The van der Waals surface area contributed by atoms with Crippen LogP contribution in [0.3, 0.4) is 0 Å². The molecule has 1 atom stereocenters. The predicted octanol–water partition coefficient (Wildman–Crippen LogP) is 4.05. The first-order chi connectivity index (χ1) is 16.4. The lowest BCUT2D eigenvalue weighted by Crippen LogP contribution is -2.43. The summed E-state index contributed by atoms with van der Waals surface area (Å²) in [7, 11) is -3.67. The number of benzene rings is 2. The zero-order chi connectivity index (χ0) is 24.1. The van der Waals surface area contributed by atoms with Crippen molar-refractivity contribution in [2.24, 2.45) is 5.92 Å². The molecule has 0 aromatic heterocycles. The van der Waals surface area contributed by atoms with E-state index in [9.17, 15) is 18.0 Å². The fourth-order valence-electron chi connectivity index (χ4n) is 4.69. The molecule has 0 radical (unpaired) electrons. The van der Waals surface area contributed by atoms with Crippen LogP contribution >= 0.6 is 0 Å². The number of amides is 2. The molecule has 2 aliphatic heterocycles. The lowest BCUT2D eigenvalue weighted by molar-refractivity contribution is -0.120. The van der Waals surface area contributed by atoms with Gasteiger partial charge in [0.05, 0.1) is 22.1 Å². The molecule has 2 aromatic rings. The van der Waals surface area contributed by atoms with Crippen molar-refractivity contribution in [3.63, 3.8) is 0 Å². The number of hydrogen-bond acceptors (Lipinski definition) is 4. The van der Waals surface area contributed by atoms with Crippen molar-refractivity contribution in [1.29, 1.82) is 0 Å². The zero-order valence-electron chi connectivity index (χ0n) is 19.7. The van der Waals surface area contributed by atoms with Crippen molar-refractivity contribution in [3.8, 4) is 0 Å². The van der Waals surface area contributed by atoms with Crippen LogP contribution in [0.15, 0.2) is 53.4 Å². The fourth-order valence-corrected chi connectivity index (χ4v) is 6.22. The summed E-state index contributed by atoms with van der Waals surface area (Å²) < 4.78 is 27.6. The van der Waals surface area contributed by atoms with Crippen LogP contribution in [0.5, 0.6) is 0 Å². The summed E-state index contributed by atoms with van der Waals surface area (Å²) in [6.45, 7) is 3.90. The topological polar surface area (TPSA) is 86.8 Å². The van der Waals surface area contributed by atoms with Crippen molar-refractivity contribution in [1.82, 2.24) is 9.21 Å². The number of nitrogens with zero attached hydrogens (tertiary/aromatic N) is 2. The van der Waals surface area contributed by atoms with Gasteiger partial charge in [0.15, 0.2) is 0 Å². The molecule has 34 heavy (non-hydrogen) atoms. The largest absolute Gasteiger partial charge is 0.339 e. The number of aryl methyl sites for hydroxylation is 1. The first-order valence-electron chi connectivity index (χ1n) is 12.1. The van der Waals surface area contributed by atoms with Crippen LogP contribution in [0, 0.1) is 12.8 Å². The van der Waals surface area contributed by atoms with E-state index in [1.807, 2.05) is 11.8 Å². The summed E-state index contributed by atoms with van der Waals surface area (Å²) in [5.41, 5.74) is 1.96. The van der Waals surface area contributed by atoms with Crippen LogP contribution in [-0.4, -0.2) is 55.6 Å². The molecule has 1 N–H and O–H groups in total. The highest BCUT2D eigenvalue weighted by molar-refractivity contribution is 7.89. The Morgan fingerprint density at radius 3 is 2.26 bits per heavy atom. The Labute approximate surface area is 202 Å². The van der Waals surface area contributed by atoms with Gasteiger partial charge in [0, 0.05) is 26.2 Å². The van der Waals surface area contributed by atoms with Gasteiger partial charge < -0.3 is 10.2 Å². The van der Waals surface area contributed by atoms with E-state index in [2.05, 4.69) is 5.32 Å². The van der Waals surface area contributed by atoms with Gasteiger partial charge in [-0.3, -0.25) is 9.59 Å². The Bertz CT molecular complexity index is 1120. The SMILES string of the molecule is Cc1ccc(S(=O)(=O)N2CCC[C@@H](C(=O)Nc3ccccc3C(=O)N3CCCCCC3)C2)cc1. The number of sulfonamides is 1. The van der Waals surface area contributed by atoms with Crippen molar-refractivity contribution >= 4 is 27.5 Å². The summed E-state index contributed by atoms with van der Waals surface area (Å²) >= 11 is 0. The Kier molecular flexibility index (Phi) is 7.68. The highest BCUT2D eigenvalue weighted by atomic mass is 32.2. The van der Waals surface area contributed by atoms with E-state index in [-0.39, 0.29) is 23.3 Å². The van der Waals surface area contributed by atoms with Gasteiger partial charge in [0.2, 0.25) is 15.9 Å². The van der Waals surface area contributed by atoms with Gasteiger partial charge in [-0.05, 0) is 56.9 Å². The molecular formula is C26H33N3O4S. The van der Waals surface area contributed by atoms with Gasteiger partial charge >= 0.3 is 0 Å². The first kappa shape index (κ1) is 24.4. The summed E-state index contributed by atoms with van der Waals surface area (Å²) in [6, 6.07) is 13.9. The van der Waals surface area contributed by atoms with Gasteiger partial charge in [-0.15, -0.1) is 0 Å². The maximum absolute atomic E-state index is 13.2. The van der Waals surface area contributed by atoms with Crippen LogP contribution in [0.2, 0.25) is 0 Å². The molecule has 7 nitrogen and oxygen atoms in total. The standard InChI is InChI=1S/C26H33N3O4S/c1-20-12-14-22(15-13-20)34(32,33)29-18-8-9-21(19-29)25(30)27-24-11-5-4-10-23(24)26(31)28-16-6-2-3-7-17-28/h4-5,10-15,21H,2-3,6-9,16-19H2,1H3,(H,27,30)/t21-/m1/s1. The van der Waals surface area contributed by atoms with Gasteiger partial charge in [-0.1, -0.05) is 42.7 Å². The number of carbonyl (C=O) groups is 2. The zero-order valence-corrected chi connectivity index (χ0v) is 20.5. The maximum Gasteiger partial charge on any atom is 0.255 e. The first-order valence-corrected chi connectivity index (χ1v) is 13.6. The van der Waals surface area contributed by atoms with E-state index < -0.39 is 15.9 Å². The molecule has 2 aliphatic rings. The molecule has 0 saturated carbocycles. The third kappa shape index (κ3) is 5.50. The average molecular weight is 484 g/mol. The maximum atomic E-state index is 13.2. The van der Waals surface area contributed by atoms with Crippen LogP contribution in [0.1, 0.15) is 54.4 Å². The second-order valence-corrected chi connectivity index (χ2v) is 11.2. The fraction of sp³-hybridized carbons (Fsp3) is 0.462. The summed E-state index contributed by atoms with van der Waals surface area (Å²) in [6.07, 6.45) is 5.46.